The Kier molecular flexibility index (Phi) is 17.6. The molecule has 4 heterocycles. The third-order valence-electron chi connectivity index (χ3n) is 12.8. The Bertz CT molecular complexity index is 1400. The molecule has 0 saturated carbocycles. The summed E-state index contributed by atoms with van der Waals surface area (Å²) in [5, 5.41) is 56.5. The molecule has 0 aromatic carbocycles. The first-order chi connectivity index (χ1) is 26.8. The highest BCUT2D eigenvalue weighted by atomic mass is 16.7. The van der Waals surface area contributed by atoms with Gasteiger partial charge in [0.05, 0.1) is 42.7 Å². The van der Waals surface area contributed by atoms with Crippen molar-refractivity contribution < 1.29 is 63.5 Å². The number of aliphatic hydroxyl groups is 5. The molecule has 2 bridgehead atoms. The SMILES string of the molecule is CCCCC[C@@H]1OCO[C@@]2(C)/C=C(C)\C=C/C(=O)O[C@H]([C@@H](C)[C@@H](O)[C@H](C)[C@@]3(O)C[C@@H](O[C@H]4C[C@@H](O)[C@H](O)[C@@H](C)O4)[C@H](C)[C@@H](C)O3)[C@@H](OC)/C=C\C=C(\C)C[C@H]1[C@@H]2O. The Hall–Kier alpha value is -2.01. The standard InChI is InChI=1S/C44H72O13/c1-11-12-13-16-34-32-20-25(2)15-14-17-35(51-10)41(56-37(46)19-18-26(3)22-43(9,42(32)49)53-24-52-34)28(5)39(47)29(6)44(50)23-36(27(4)30(7)57-44)55-38-21-33(45)40(48)31(8)54-38/h14-15,17-19,22,27-36,38-42,45,47-50H,11-13,16,20-21,23-24H2,1-10H3/b17-14-,19-18-,25-15-,26-22-/t27-,28+,29+,30-,31-,32-,33-,34+,35+,36-,38+,39-,40-,41-,42+,43+,44-/m1/s1. The van der Waals surface area contributed by atoms with E-state index in [2.05, 4.69) is 6.92 Å². The zero-order chi connectivity index (χ0) is 42.2. The lowest BCUT2D eigenvalue weighted by molar-refractivity contribution is -0.343. The van der Waals surface area contributed by atoms with Gasteiger partial charge in [-0.2, -0.15) is 0 Å². The van der Waals surface area contributed by atoms with Crippen molar-refractivity contribution in [2.75, 3.05) is 13.9 Å². The molecular formula is C44H72O13. The summed E-state index contributed by atoms with van der Waals surface area (Å²) < 4.78 is 42.7. The van der Waals surface area contributed by atoms with Crippen molar-refractivity contribution in [2.24, 2.45) is 23.7 Å². The second-order valence-electron chi connectivity index (χ2n) is 17.3. The fraction of sp³-hybridized carbons (Fsp3) is 0.795. The molecule has 5 N–H and O–H groups in total. The number of cyclic esters (lactones) is 1. The quantitative estimate of drug-likeness (QED) is 0.139. The Balaban J connectivity index is 1.61. The maximum absolute atomic E-state index is 13.5. The fourth-order valence-corrected chi connectivity index (χ4v) is 8.73. The first-order valence-corrected chi connectivity index (χ1v) is 21.0. The van der Waals surface area contributed by atoms with Crippen LogP contribution in [0.1, 0.15) is 107 Å². The number of carbonyl (C=O) groups excluding carboxylic acids is 1. The van der Waals surface area contributed by atoms with Gasteiger partial charge in [0.2, 0.25) is 0 Å². The molecule has 0 amide bonds. The van der Waals surface area contributed by atoms with Crippen LogP contribution in [0.15, 0.2) is 47.6 Å². The summed E-state index contributed by atoms with van der Waals surface area (Å²) in [4.78, 5) is 13.5. The largest absolute Gasteiger partial charge is 0.456 e. The highest BCUT2D eigenvalue weighted by Gasteiger charge is 2.52. The minimum Gasteiger partial charge on any atom is -0.456 e. The Labute approximate surface area is 340 Å². The van der Waals surface area contributed by atoms with Crippen LogP contribution in [0.4, 0.5) is 0 Å². The average Bonchev–Trinajstić information content (AvgIpc) is 3.26. The smallest absolute Gasteiger partial charge is 0.331 e. The first-order valence-electron chi connectivity index (χ1n) is 21.0. The molecule has 0 aromatic heterocycles. The van der Waals surface area contributed by atoms with Crippen LogP contribution < -0.4 is 0 Å². The molecule has 0 aromatic rings. The highest BCUT2D eigenvalue weighted by molar-refractivity contribution is 5.82. The van der Waals surface area contributed by atoms with Gasteiger partial charge in [-0.05, 0) is 53.5 Å². The van der Waals surface area contributed by atoms with Crippen molar-refractivity contribution in [1.82, 2.24) is 0 Å². The molecule has 326 valence electrons. The van der Waals surface area contributed by atoms with Gasteiger partial charge < -0.3 is 58.7 Å². The monoisotopic (exact) mass is 808 g/mol. The van der Waals surface area contributed by atoms with E-state index in [0.717, 1.165) is 31.3 Å². The summed E-state index contributed by atoms with van der Waals surface area (Å²) in [5.74, 6) is -4.60. The van der Waals surface area contributed by atoms with Gasteiger partial charge in [0, 0.05) is 49.7 Å². The molecule has 3 saturated heterocycles. The van der Waals surface area contributed by atoms with Gasteiger partial charge in [0.25, 0.3) is 0 Å². The lowest BCUT2D eigenvalue weighted by Crippen LogP contribution is -2.59. The average molecular weight is 809 g/mol. The van der Waals surface area contributed by atoms with E-state index in [0.29, 0.717) is 12.0 Å². The molecule has 0 unspecified atom stereocenters. The Morgan fingerprint density at radius 1 is 1.05 bits per heavy atom. The lowest BCUT2D eigenvalue weighted by atomic mass is 9.77. The van der Waals surface area contributed by atoms with Gasteiger partial charge in [0.1, 0.15) is 30.7 Å². The number of rotatable bonds is 11. The highest BCUT2D eigenvalue weighted by Crippen LogP contribution is 2.42. The maximum atomic E-state index is 13.5. The summed E-state index contributed by atoms with van der Waals surface area (Å²) in [6.07, 6.45) is 6.16. The summed E-state index contributed by atoms with van der Waals surface area (Å²) in [6, 6.07) is 0. The lowest BCUT2D eigenvalue weighted by Gasteiger charge is -2.49. The molecule has 13 heteroatoms. The molecule has 0 radical (unpaired) electrons. The van der Waals surface area contributed by atoms with E-state index in [1.54, 1.807) is 32.9 Å². The molecule has 0 aliphatic carbocycles. The number of hydrogen-bond acceptors (Lipinski definition) is 13. The van der Waals surface area contributed by atoms with Crippen LogP contribution in [0.5, 0.6) is 0 Å². The van der Waals surface area contributed by atoms with Gasteiger partial charge in [-0.15, -0.1) is 0 Å². The predicted octanol–water partition coefficient (Wildman–Crippen LogP) is 5.02. The van der Waals surface area contributed by atoms with E-state index in [4.69, 9.17) is 33.2 Å². The van der Waals surface area contributed by atoms with E-state index in [-0.39, 0.29) is 37.6 Å². The van der Waals surface area contributed by atoms with Crippen LogP contribution >= 0.6 is 0 Å². The number of aliphatic hydroxyl groups excluding tert-OH is 4. The zero-order valence-electron chi connectivity index (χ0n) is 35.8. The van der Waals surface area contributed by atoms with Crippen LogP contribution in [0.2, 0.25) is 0 Å². The molecule has 4 aliphatic rings. The molecule has 17 atom stereocenters. The number of esters is 1. The molecule has 57 heavy (non-hydrogen) atoms. The number of methoxy groups -OCH3 is 1. The minimum atomic E-state index is -1.84. The number of allylic oxidation sites excluding steroid dienone is 5. The summed E-state index contributed by atoms with van der Waals surface area (Å²) in [7, 11) is 1.50. The summed E-state index contributed by atoms with van der Waals surface area (Å²) in [6.45, 7) is 16.7. The van der Waals surface area contributed by atoms with Crippen molar-refractivity contribution in [2.45, 2.75) is 186 Å². The second-order valence-corrected chi connectivity index (χ2v) is 17.3. The van der Waals surface area contributed by atoms with Crippen LogP contribution in [-0.2, 0) is 38.0 Å². The molecule has 4 aliphatic heterocycles. The summed E-state index contributed by atoms with van der Waals surface area (Å²) >= 11 is 0. The normalized spacial score (nSPS) is 44.6. The molecule has 4 rings (SSSR count). The minimum absolute atomic E-state index is 0.00431. The maximum Gasteiger partial charge on any atom is 0.331 e. The van der Waals surface area contributed by atoms with E-state index < -0.39 is 90.4 Å². The molecule has 0 spiro atoms. The number of hydrogen-bond donors (Lipinski definition) is 5. The van der Waals surface area contributed by atoms with Crippen LogP contribution in [0.25, 0.3) is 0 Å². The van der Waals surface area contributed by atoms with E-state index in [1.165, 1.54) is 13.2 Å². The second kappa shape index (κ2) is 21.0. The van der Waals surface area contributed by atoms with Gasteiger partial charge in [-0.3, -0.25) is 0 Å². The first kappa shape index (κ1) is 47.7. The van der Waals surface area contributed by atoms with Gasteiger partial charge in [0.15, 0.2) is 12.1 Å². The van der Waals surface area contributed by atoms with Crippen LogP contribution in [-0.4, -0.2) is 124 Å². The van der Waals surface area contributed by atoms with E-state index >= 15 is 0 Å². The summed E-state index contributed by atoms with van der Waals surface area (Å²) in [5.41, 5.74) is 0.589. The van der Waals surface area contributed by atoms with Crippen molar-refractivity contribution in [3.8, 4) is 0 Å². The van der Waals surface area contributed by atoms with Crippen molar-refractivity contribution in [3.05, 3.63) is 47.6 Å². The van der Waals surface area contributed by atoms with Crippen molar-refractivity contribution in [3.63, 3.8) is 0 Å². The number of ether oxygens (including phenoxy) is 7. The van der Waals surface area contributed by atoms with Gasteiger partial charge >= 0.3 is 5.97 Å². The molecule has 13 nitrogen and oxygen atoms in total. The van der Waals surface area contributed by atoms with Crippen molar-refractivity contribution >= 4 is 5.97 Å². The Morgan fingerprint density at radius 2 is 1.77 bits per heavy atom. The fourth-order valence-electron chi connectivity index (χ4n) is 8.73. The number of unbranched alkanes of at least 4 members (excludes halogenated alkanes) is 2. The predicted molar refractivity (Wildman–Crippen MR) is 213 cm³/mol. The van der Waals surface area contributed by atoms with Crippen LogP contribution in [0, 0.1) is 23.7 Å². The van der Waals surface area contributed by atoms with Gasteiger partial charge in [-0.25, -0.2) is 4.79 Å². The number of fused-ring (bicyclic) bond motifs is 2. The molecular weight excluding hydrogens is 736 g/mol. The van der Waals surface area contributed by atoms with Crippen molar-refractivity contribution in [1.29, 1.82) is 0 Å². The molecule has 3 fully saturated rings. The third kappa shape index (κ3) is 12.1. The third-order valence-corrected chi connectivity index (χ3v) is 12.8. The zero-order valence-corrected chi connectivity index (χ0v) is 35.8. The Morgan fingerprint density at radius 3 is 2.44 bits per heavy atom. The van der Waals surface area contributed by atoms with E-state index in [1.807, 2.05) is 52.8 Å². The number of carbonyl (C=O) groups is 1. The van der Waals surface area contributed by atoms with Gasteiger partial charge in [-0.1, -0.05) is 82.4 Å². The van der Waals surface area contributed by atoms with Crippen LogP contribution in [0.3, 0.4) is 0 Å². The van der Waals surface area contributed by atoms with E-state index in [9.17, 15) is 30.3 Å². The topological polar surface area (TPSA) is 183 Å².